The van der Waals surface area contributed by atoms with Crippen LogP contribution in [0.3, 0.4) is 0 Å². The number of methoxy groups -OCH3 is 1. The minimum Gasteiger partial charge on any atom is -0.383 e. The van der Waals surface area contributed by atoms with E-state index in [0.29, 0.717) is 13.2 Å². The summed E-state index contributed by atoms with van der Waals surface area (Å²) in [6.45, 7) is 4.04. The van der Waals surface area contributed by atoms with Crippen molar-refractivity contribution in [3.8, 4) is 6.07 Å². The summed E-state index contributed by atoms with van der Waals surface area (Å²) in [5.74, 6) is -1.94. The zero-order chi connectivity index (χ0) is 12.8. The Morgan fingerprint density at radius 3 is 2.31 bits per heavy atom. The Morgan fingerprint density at radius 2 is 2.00 bits per heavy atom. The van der Waals surface area contributed by atoms with E-state index in [1.54, 1.807) is 18.7 Å². The van der Waals surface area contributed by atoms with Crippen LogP contribution >= 0.6 is 0 Å². The van der Waals surface area contributed by atoms with Crippen molar-refractivity contribution in [2.45, 2.75) is 26.1 Å². The van der Waals surface area contributed by atoms with Gasteiger partial charge in [-0.3, -0.25) is 4.90 Å². The maximum Gasteiger partial charge on any atom is 0.405 e. The molecule has 0 rings (SSSR count). The maximum atomic E-state index is 12.4. The third kappa shape index (κ3) is 4.81. The predicted molar refractivity (Wildman–Crippen MR) is 53.7 cm³/mol. The van der Waals surface area contributed by atoms with E-state index in [2.05, 4.69) is 0 Å². The molecule has 0 saturated carbocycles. The first-order valence-corrected chi connectivity index (χ1v) is 5.06. The molecule has 3 nitrogen and oxygen atoms in total. The van der Waals surface area contributed by atoms with Crippen LogP contribution in [0.5, 0.6) is 0 Å². The van der Waals surface area contributed by atoms with Crippen molar-refractivity contribution in [3.63, 3.8) is 0 Å². The topological polar surface area (TPSA) is 36.3 Å². The van der Waals surface area contributed by atoms with Gasteiger partial charge in [-0.05, 0) is 13.5 Å². The summed E-state index contributed by atoms with van der Waals surface area (Å²) in [7, 11) is 1.50. The van der Waals surface area contributed by atoms with Crippen molar-refractivity contribution in [1.29, 1.82) is 5.26 Å². The Hall–Kier alpha value is -0.800. The smallest absolute Gasteiger partial charge is 0.383 e. The molecule has 16 heavy (non-hydrogen) atoms. The second-order valence-corrected chi connectivity index (χ2v) is 3.62. The van der Waals surface area contributed by atoms with E-state index >= 15 is 0 Å². The van der Waals surface area contributed by atoms with Crippen molar-refractivity contribution in [2.24, 2.45) is 5.92 Å². The fourth-order valence-electron chi connectivity index (χ4n) is 1.42. The quantitative estimate of drug-likeness (QED) is 0.710. The highest BCUT2D eigenvalue weighted by molar-refractivity contribution is 4.91. The molecule has 0 saturated heterocycles. The van der Waals surface area contributed by atoms with E-state index in [1.165, 1.54) is 13.2 Å². The van der Waals surface area contributed by atoms with Crippen molar-refractivity contribution >= 4 is 0 Å². The summed E-state index contributed by atoms with van der Waals surface area (Å²) < 4.78 is 42.0. The first-order chi connectivity index (χ1) is 7.36. The molecule has 0 N–H and O–H groups in total. The maximum absolute atomic E-state index is 12.4. The van der Waals surface area contributed by atoms with Crippen LogP contribution in [0, 0.1) is 17.2 Å². The van der Waals surface area contributed by atoms with Crippen LogP contribution in [-0.2, 0) is 4.74 Å². The molecule has 0 aromatic carbocycles. The molecule has 0 heterocycles. The van der Waals surface area contributed by atoms with Crippen molar-refractivity contribution in [2.75, 3.05) is 26.8 Å². The van der Waals surface area contributed by atoms with Crippen LogP contribution in [0.1, 0.15) is 13.8 Å². The highest BCUT2D eigenvalue weighted by Gasteiger charge is 2.41. The lowest BCUT2D eigenvalue weighted by molar-refractivity contribution is -0.164. The Morgan fingerprint density at radius 1 is 1.44 bits per heavy atom. The largest absolute Gasteiger partial charge is 0.405 e. The first-order valence-electron chi connectivity index (χ1n) is 5.06. The van der Waals surface area contributed by atoms with Crippen LogP contribution in [0.2, 0.25) is 0 Å². The minimum atomic E-state index is -4.46. The van der Waals surface area contributed by atoms with Gasteiger partial charge >= 0.3 is 6.18 Å². The van der Waals surface area contributed by atoms with Gasteiger partial charge in [-0.1, -0.05) is 6.92 Å². The van der Waals surface area contributed by atoms with Crippen LogP contribution in [0.15, 0.2) is 0 Å². The average molecular weight is 238 g/mol. The molecule has 0 aliphatic rings. The molecular weight excluding hydrogens is 221 g/mol. The summed E-state index contributed by atoms with van der Waals surface area (Å²) in [5.41, 5.74) is 0. The van der Waals surface area contributed by atoms with Gasteiger partial charge in [0.2, 0.25) is 0 Å². The standard InChI is InChI=1S/C10H17F3N2O/c1-4-15(8(2)7-16-3)6-9(5-14)10(11,12)13/h8-9H,4,6-7H2,1-3H3. The van der Waals surface area contributed by atoms with Gasteiger partial charge in [0.1, 0.15) is 0 Å². The number of rotatable bonds is 6. The second-order valence-electron chi connectivity index (χ2n) is 3.62. The number of hydrogen-bond donors (Lipinski definition) is 0. The number of ether oxygens (including phenoxy) is 1. The number of hydrogen-bond acceptors (Lipinski definition) is 3. The van der Waals surface area contributed by atoms with Gasteiger partial charge in [0.05, 0.1) is 12.7 Å². The summed E-state index contributed by atoms with van der Waals surface area (Å²) in [5, 5.41) is 8.49. The summed E-state index contributed by atoms with van der Waals surface area (Å²) in [6, 6.07) is 1.16. The van der Waals surface area contributed by atoms with E-state index in [-0.39, 0.29) is 12.6 Å². The number of halogens is 3. The lowest BCUT2D eigenvalue weighted by Crippen LogP contribution is -2.42. The Balaban J connectivity index is 4.46. The SMILES string of the molecule is CCN(CC(C#N)C(F)(F)F)C(C)COC. The van der Waals surface area contributed by atoms with Crippen molar-refractivity contribution in [3.05, 3.63) is 0 Å². The van der Waals surface area contributed by atoms with Crippen LogP contribution in [-0.4, -0.2) is 43.9 Å². The monoisotopic (exact) mass is 238 g/mol. The molecule has 2 atom stereocenters. The summed E-state index contributed by atoms with van der Waals surface area (Å²) >= 11 is 0. The molecule has 0 aliphatic carbocycles. The minimum absolute atomic E-state index is 0.131. The number of nitriles is 1. The normalized spacial score (nSPS) is 15.9. The van der Waals surface area contributed by atoms with Crippen molar-refractivity contribution in [1.82, 2.24) is 4.90 Å². The molecule has 2 unspecified atom stereocenters. The van der Waals surface area contributed by atoms with Crippen LogP contribution in [0.4, 0.5) is 13.2 Å². The summed E-state index contributed by atoms with van der Waals surface area (Å²) in [4.78, 5) is 1.59. The van der Waals surface area contributed by atoms with Gasteiger partial charge in [0.15, 0.2) is 5.92 Å². The van der Waals surface area contributed by atoms with Crippen LogP contribution in [0.25, 0.3) is 0 Å². The molecule has 0 aromatic heterocycles. The highest BCUT2D eigenvalue weighted by atomic mass is 19.4. The van der Waals surface area contributed by atoms with Gasteiger partial charge in [-0.2, -0.15) is 18.4 Å². The Labute approximate surface area is 93.8 Å². The van der Waals surface area contributed by atoms with Gasteiger partial charge in [0, 0.05) is 19.7 Å². The number of nitrogens with zero attached hydrogens (tertiary/aromatic N) is 2. The average Bonchev–Trinajstić information content (AvgIpc) is 2.17. The van der Waals surface area contributed by atoms with E-state index < -0.39 is 12.1 Å². The van der Waals surface area contributed by atoms with Gasteiger partial charge in [0.25, 0.3) is 0 Å². The Bertz CT molecular complexity index is 237. The lowest BCUT2D eigenvalue weighted by Gasteiger charge is -2.29. The van der Waals surface area contributed by atoms with Crippen molar-refractivity contribution < 1.29 is 17.9 Å². The predicted octanol–water partition coefficient (Wildman–Crippen LogP) is 2.05. The fourth-order valence-corrected chi connectivity index (χ4v) is 1.42. The van der Waals surface area contributed by atoms with Gasteiger partial charge in [-0.15, -0.1) is 0 Å². The van der Waals surface area contributed by atoms with E-state index in [1.807, 2.05) is 0 Å². The van der Waals surface area contributed by atoms with E-state index in [4.69, 9.17) is 10.00 Å². The molecule has 0 amide bonds. The number of likely N-dealkylation sites (N-methyl/N-ethyl adjacent to an activating group) is 1. The molecule has 6 heteroatoms. The molecule has 0 aliphatic heterocycles. The zero-order valence-corrected chi connectivity index (χ0v) is 9.71. The molecule has 94 valence electrons. The van der Waals surface area contributed by atoms with E-state index in [0.717, 1.165) is 0 Å². The fraction of sp³-hybridized carbons (Fsp3) is 0.900. The number of alkyl halides is 3. The van der Waals surface area contributed by atoms with Gasteiger partial charge in [-0.25, -0.2) is 0 Å². The molecular formula is C10H17F3N2O. The second kappa shape index (κ2) is 6.71. The third-order valence-corrected chi connectivity index (χ3v) is 2.41. The summed E-state index contributed by atoms with van der Waals surface area (Å²) in [6.07, 6.45) is -4.46. The third-order valence-electron chi connectivity index (χ3n) is 2.41. The molecule has 0 spiro atoms. The first kappa shape index (κ1) is 15.2. The molecule has 0 fully saturated rings. The highest BCUT2D eigenvalue weighted by Crippen LogP contribution is 2.26. The molecule has 0 bridgehead atoms. The van der Waals surface area contributed by atoms with E-state index in [9.17, 15) is 13.2 Å². The lowest BCUT2D eigenvalue weighted by atomic mass is 10.1. The zero-order valence-electron chi connectivity index (χ0n) is 9.71. The molecule has 0 aromatic rings. The Kier molecular flexibility index (Phi) is 6.38. The van der Waals surface area contributed by atoms with Gasteiger partial charge < -0.3 is 4.74 Å². The molecule has 0 radical (unpaired) electrons. The van der Waals surface area contributed by atoms with Crippen LogP contribution < -0.4 is 0 Å².